The molecule has 0 unspecified atom stereocenters. The quantitative estimate of drug-likeness (QED) is 0.895. The van der Waals surface area contributed by atoms with E-state index in [0.717, 1.165) is 61.5 Å². The summed E-state index contributed by atoms with van der Waals surface area (Å²) in [6.45, 7) is 5.82. The lowest BCUT2D eigenvalue weighted by molar-refractivity contribution is 0.130. The zero-order valence-corrected chi connectivity index (χ0v) is 15.5. The predicted octanol–water partition coefficient (Wildman–Crippen LogP) is 3.34. The van der Waals surface area contributed by atoms with Crippen LogP contribution in [0, 0.1) is 18.3 Å². The van der Waals surface area contributed by atoms with Crippen molar-refractivity contribution in [3.05, 3.63) is 47.0 Å². The van der Waals surface area contributed by atoms with Gasteiger partial charge in [0, 0.05) is 19.2 Å². The Morgan fingerprint density at radius 2 is 2.04 bits per heavy atom. The topological polar surface area (TPSA) is 75.2 Å². The van der Waals surface area contributed by atoms with Crippen LogP contribution in [0.1, 0.15) is 35.4 Å². The highest BCUT2D eigenvalue weighted by Crippen LogP contribution is 2.35. The molecule has 0 amide bonds. The molecule has 0 saturated carbocycles. The largest absolute Gasteiger partial charge is 0.383 e. The molecule has 5 nitrogen and oxygen atoms in total. The van der Waals surface area contributed by atoms with Crippen molar-refractivity contribution >= 4 is 5.82 Å². The van der Waals surface area contributed by atoms with Gasteiger partial charge in [-0.05, 0) is 56.0 Å². The summed E-state index contributed by atoms with van der Waals surface area (Å²) in [6, 6.07) is 12.5. The molecule has 3 rings (SSSR count). The van der Waals surface area contributed by atoms with Crippen molar-refractivity contribution in [3.63, 3.8) is 0 Å². The van der Waals surface area contributed by atoms with Gasteiger partial charge in [-0.25, -0.2) is 4.98 Å². The average molecular weight is 350 g/mol. The van der Waals surface area contributed by atoms with E-state index in [4.69, 9.17) is 10.5 Å². The maximum absolute atomic E-state index is 9.62. The normalized spacial score (nSPS) is 15.7. The molecule has 5 heteroatoms. The van der Waals surface area contributed by atoms with E-state index < -0.39 is 0 Å². The van der Waals surface area contributed by atoms with Crippen LogP contribution in [-0.2, 0) is 4.74 Å². The fraction of sp³-hybridized carbons (Fsp3) is 0.429. The highest BCUT2D eigenvalue weighted by Gasteiger charge is 2.25. The first-order chi connectivity index (χ1) is 12.6. The van der Waals surface area contributed by atoms with Gasteiger partial charge < -0.3 is 15.4 Å². The third-order valence-corrected chi connectivity index (χ3v) is 5.25. The monoisotopic (exact) mass is 350 g/mol. The first-order valence-corrected chi connectivity index (χ1v) is 9.11. The Morgan fingerprint density at radius 1 is 1.31 bits per heavy atom. The number of rotatable bonds is 5. The van der Waals surface area contributed by atoms with Crippen molar-refractivity contribution in [2.45, 2.75) is 25.7 Å². The fourth-order valence-electron chi connectivity index (χ4n) is 3.72. The Kier molecular flexibility index (Phi) is 5.87. The molecule has 0 atom stereocenters. The molecule has 0 aliphatic carbocycles. The van der Waals surface area contributed by atoms with Crippen LogP contribution in [0.2, 0.25) is 0 Å². The molecular formula is C21H26N4O. The van der Waals surface area contributed by atoms with Gasteiger partial charge >= 0.3 is 0 Å². The van der Waals surface area contributed by atoms with Gasteiger partial charge in [0.15, 0.2) is 0 Å². The van der Waals surface area contributed by atoms with Crippen LogP contribution in [0.25, 0.3) is 11.3 Å². The minimum absolute atomic E-state index is 0.338. The standard InChI is InChI=1S/C21H26N4O/c1-15-5-3-4-6-17(15)20-13-18(19(14-22)21(23)24-20)16-7-9-25(10-8-16)11-12-26-2/h3-6,13,16H,7-12H2,1-2H3,(H2,23,24). The summed E-state index contributed by atoms with van der Waals surface area (Å²) >= 11 is 0. The molecule has 2 N–H and O–H groups in total. The number of nitrogens with zero attached hydrogens (tertiary/aromatic N) is 3. The van der Waals surface area contributed by atoms with E-state index in [2.05, 4.69) is 41.1 Å². The minimum Gasteiger partial charge on any atom is -0.383 e. The molecule has 1 fully saturated rings. The van der Waals surface area contributed by atoms with Crippen LogP contribution >= 0.6 is 0 Å². The van der Waals surface area contributed by atoms with E-state index in [0.29, 0.717) is 17.3 Å². The van der Waals surface area contributed by atoms with E-state index in [1.54, 1.807) is 7.11 Å². The van der Waals surface area contributed by atoms with E-state index in [1.165, 1.54) is 0 Å². The number of anilines is 1. The van der Waals surface area contributed by atoms with E-state index in [-0.39, 0.29) is 0 Å². The summed E-state index contributed by atoms with van der Waals surface area (Å²) in [4.78, 5) is 6.93. The van der Waals surface area contributed by atoms with Crippen molar-refractivity contribution in [1.82, 2.24) is 9.88 Å². The lowest BCUT2D eigenvalue weighted by atomic mass is 9.86. The first-order valence-electron chi connectivity index (χ1n) is 9.11. The number of nitrogens with two attached hydrogens (primary N) is 1. The molecule has 1 aromatic heterocycles. The molecule has 1 aliphatic heterocycles. The summed E-state index contributed by atoms with van der Waals surface area (Å²) in [5.41, 5.74) is 10.8. The second-order valence-corrected chi connectivity index (χ2v) is 6.89. The van der Waals surface area contributed by atoms with Crippen molar-refractivity contribution in [1.29, 1.82) is 5.26 Å². The number of pyridine rings is 1. The molecule has 2 aromatic rings. The maximum Gasteiger partial charge on any atom is 0.142 e. The van der Waals surface area contributed by atoms with Gasteiger partial charge in [0.05, 0.1) is 17.9 Å². The Balaban J connectivity index is 1.90. The van der Waals surface area contributed by atoms with Crippen molar-refractivity contribution in [3.8, 4) is 17.3 Å². The highest BCUT2D eigenvalue weighted by molar-refractivity contribution is 5.69. The second kappa shape index (κ2) is 8.31. The first kappa shape index (κ1) is 18.4. The lowest BCUT2D eigenvalue weighted by Crippen LogP contribution is -2.35. The summed E-state index contributed by atoms with van der Waals surface area (Å²) in [5, 5.41) is 9.62. The SMILES string of the molecule is COCCN1CCC(c2cc(-c3ccccc3C)nc(N)c2C#N)CC1. The van der Waals surface area contributed by atoms with Crippen LogP contribution in [-0.4, -0.2) is 43.2 Å². The number of nitriles is 1. The fourth-order valence-corrected chi connectivity index (χ4v) is 3.72. The number of methoxy groups -OCH3 is 1. The number of likely N-dealkylation sites (tertiary alicyclic amines) is 1. The molecule has 0 bridgehead atoms. The van der Waals surface area contributed by atoms with Crippen molar-refractivity contribution in [2.24, 2.45) is 0 Å². The van der Waals surface area contributed by atoms with Gasteiger partial charge in [-0.3, -0.25) is 0 Å². The highest BCUT2D eigenvalue weighted by atomic mass is 16.5. The maximum atomic E-state index is 9.62. The second-order valence-electron chi connectivity index (χ2n) is 6.89. The summed E-state index contributed by atoms with van der Waals surface area (Å²) in [7, 11) is 1.73. The van der Waals surface area contributed by atoms with Crippen LogP contribution in [0.3, 0.4) is 0 Å². The summed E-state index contributed by atoms with van der Waals surface area (Å²) in [6.07, 6.45) is 2.05. The van der Waals surface area contributed by atoms with Crippen LogP contribution < -0.4 is 5.73 Å². The number of nitrogen functional groups attached to an aromatic ring is 1. The Morgan fingerprint density at radius 3 is 2.69 bits per heavy atom. The van der Waals surface area contributed by atoms with E-state index in [1.807, 2.05) is 12.1 Å². The number of aryl methyl sites for hydroxylation is 1. The van der Waals surface area contributed by atoms with Gasteiger partial charge in [0.25, 0.3) is 0 Å². The summed E-state index contributed by atoms with van der Waals surface area (Å²) < 4.78 is 5.17. The molecule has 0 radical (unpaired) electrons. The number of benzene rings is 1. The molecule has 1 aliphatic rings. The molecule has 1 aromatic carbocycles. The summed E-state index contributed by atoms with van der Waals surface area (Å²) in [5.74, 6) is 0.682. The Hall–Kier alpha value is -2.42. The number of aromatic nitrogens is 1. The van der Waals surface area contributed by atoms with E-state index >= 15 is 0 Å². The van der Waals surface area contributed by atoms with Gasteiger partial charge in [-0.1, -0.05) is 24.3 Å². The average Bonchev–Trinajstić information content (AvgIpc) is 2.66. The number of hydrogen-bond acceptors (Lipinski definition) is 5. The van der Waals surface area contributed by atoms with Crippen LogP contribution in [0.15, 0.2) is 30.3 Å². The van der Waals surface area contributed by atoms with Gasteiger partial charge in [0.2, 0.25) is 0 Å². The van der Waals surface area contributed by atoms with Crippen LogP contribution in [0.4, 0.5) is 5.82 Å². The minimum atomic E-state index is 0.338. The molecule has 136 valence electrons. The molecule has 26 heavy (non-hydrogen) atoms. The molecular weight excluding hydrogens is 324 g/mol. The number of ether oxygens (including phenoxy) is 1. The smallest absolute Gasteiger partial charge is 0.142 e. The van der Waals surface area contributed by atoms with Crippen molar-refractivity contribution < 1.29 is 4.74 Å². The Labute approximate surface area is 155 Å². The lowest BCUT2D eigenvalue weighted by Gasteiger charge is -2.32. The predicted molar refractivity (Wildman–Crippen MR) is 104 cm³/mol. The Bertz CT molecular complexity index is 804. The van der Waals surface area contributed by atoms with Gasteiger partial charge in [0.1, 0.15) is 11.9 Å². The number of hydrogen-bond donors (Lipinski definition) is 1. The molecule has 2 heterocycles. The van der Waals surface area contributed by atoms with E-state index in [9.17, 15) is 5.26 Å². The van der Waals surface area contributed by atoms with Gasteiger partial charge in [-0.15, -0.1) is 0 Å². The molecule has 0 spiro atoms. The van der Waals surface area contributed by atoms with Crippen LogP contribution in [0.5, 0.6) is 0 Å². The third-order valence-electron chi connectivity index (χ3n) is 5.25. The van der Waals surface area contributed by atoms with Gasteiger partial charge in [-0.2, -0.15) is 5.26 Å². The zero-order chi connectivity index (χ0) is 18.5. The molecule has 1 saturated heterocycles. The van der Waals surface area contributed by atoms with Crippen molar-refractivity contribution in [2.75, 3.05) is 39.1 Å². The number of piperidine rings is 1. The third kappa shape index (κ3) is 3.87. The zero-order valence-electron chi connectivity index (χ0n) is 15.5.